The van der Waals surface area contributed by atoms with Gasteiger partial charge in [0.25, 0.3) is 11.1 Å². The van der Waals surface area contributed by atoms with Crippen molar-refractivity contribution in [1.82, 2.24) is 28.4 Å². The maximum atomic E-state index is 13.7. The molecule has 8 rings (SSSR count). The van der Waals surface area contributed by atoms with E-state index in [1.54, 1.807) is 37.8 Å². The molecular weight excluding hydrogens is 608 g/mol. The highest BCUT2D eigenvalue weighted by atomic mass is 16.5. The zero-order chi connectivity index (χ0) is 33.1. The van der Waals surface area contributed by atoms with Crippen LogP contribution in [-0.2, 0) is 31.2 Å². The second-order valence-electron chi connectivity index (χ2n) is 13.5. The lowest BCUT2D eigenvalue weighted by molar-refractivity contribution is -0.0691. The topological polar surface area (TPSA) is 122 Å². The molecule has 0 bridgehead atoms. The molecule has 7 heterocycles. The van der Waals surface area contributed by atoms with Crippen LogP contribution >= 0.6 is 0 Å². The molecule has 2 saturated heterocycles. The van der Waals surface area contributed by atoms with E-state index in [4.69, 9.17) is 4.74 Å². The third-order valence-electron chi connectivity index (χ3n) is 10.2. The molecule has 2 N–H and O–H groups in total. The summed E-state index contributed by atoms with van der Waals surface area (Å²) in [5, 5.41) is 13.8. The SMILES string of the molecule is CC1Cc2cc3c(=O)n(-c4nccc(-c5cc(Nc6ccc(N7CCN(C8COC8)C[C@@H]7C)cn6)c(=O)n(C)c5)c4CO)ccn3c2C1. The summed E-state index contributed by atoms with van der Waals surface area (Å²) in [4.78, 5) is 41.1. The van der Waals surface area contributed by atoms with Gasteiger partial charge in [0.15, 0.2) is 0 Å². The molecule has 0 spiro atoms. The average Bonchev–Trinajstić information content (AvgIpc) is 3.59. The molecule has 5 aromatic rings. The van der Waals surface area contributed by atoms with Crippen LogP contribution in [0.4, 0.5) is 17.2 Å². The molecule has 0 radical (unpaired) electrons. The van der Waals surface area contributed by atoms with Crippen LogP contribution in [-0.4, -0.2) is 78.4 Å². The number of nitrogens with one attached hydrogen (secondary N) is 1. The molecule has 12 nitrogen and oxygen atoms in total. The highest BCUT2D eigenvalue weighted by Gasteiger charge is 2.32. The van der Waals surface area contributed by atoms with Crippen molar-refractivity contribution in [2.75, 3.05) is 43.1 Å². The van der Waals surface area contributed by atoms with E-state index in [1.165, 1.54) is 20.4 Å². The van der Waals surface area contributed by atoms with Crippen LogP contribution in [0.3, 0.4) is 0 Å². The van der Waals surface area contributed by atoms with Crippen molar-refractivity contribution in [3.05, 3.63) is 98.8 Å². The first-order valence-electron chi connectivity index (χ1n) is 16.6. The number of hydrogen-bond donors (Lipinski definition) is 2. The van der Waals surface area contributed by atoms with Gasteiger partial charge < -0.3 is 29.0 Å². The Hall–Kier alpha value is -4.78. The Balaban J connectivity index is 1.07. The van der Waals surface area contributed by atoms with Gasteiger partial charge in [-0.1, -0.05) is 6.92 Å². The highest BCUT2D eigenvalue weighted by molar-refractivity contribution is 5.73. The van der Waals surface area contributed by atoms with E-state index in [2.05, 4.69) is 38.9 Å². The van der Waals surface area contributed by atoms with Gasteiger partial charge in [-0.3, -0.25) is 19.1 Å². The summed E-state index contributed by atoms with van der Waals surface area (Å²) < 4.78 is 10.4. The number of piperazine rings is 1. The van der Waals surface area contributed by atoms with Crippen molar-refractivity contribution in [2.45, 2.75) is 45.4 Å². The van der Waals surface area contributed by atoms with E-state index >= 15 is 0 Å². The first kappa shape index (κ1) is 30.5. The molecule has 248 valence electrons. The summed E-state index contributed by atoms with van der Waals surface area (Å²) in [5.74, 6) is 1.47. The number of anilines is 3. The number of aryl methyl sites for hydroxylation is 1. The molecule has 3 aliphatic rings. The van der Waals surface area contributed by atoms with Gasteiger partial charge in [-0.25, -0.2) is 9.97 Å². The summed E-state index contributed by atoms with van der Waals surface area (Å²) in [6, 6.07) is 10.3. The van der Waals surface area contributed by atoms with Gasteiger partial charge >= 0.3 is 0 Å². The second-order valence-corrected chi connectivity index (χ2v) is 13.5. The molecule has 5 aromatic heterocycles. The fraction of sp³-hybridized carbons (Fsp3) is 0.389. The smallest absolute Gasteiger partial charge is 0.280 e. The lowest BCUT2D eigenvalue weighted by Crippen LogP contribution is -2.59. The Morgan fingerprint density at radius 2 is 1.88 bits per heavy atom. The molecule has 12 heteroatoms. The van der Waals surface area contributed by atoms with Crippen LogP contribution in [0.5, 0.6) is 0 Å². The third-order valence-corrected chi connectivity index (χ3v) is 10.2. The number of ether oxygens (including phenoxy) is 1. The summed E-state index contributed by atoms with van der Waals surface area (Å²) in [6.45, 7) is 8.66. The normalized spacial score (nSPS) is 19.9. The minimum absolute atomic E-state index is 0.194. The molecule has 2 aliphatic heterocycles. The quantitative estimate of drug-likeness (QED) is 0.274. The number of hydrogen-bond acceptors (Lipinski definition) is 9. The average molecular weight is 649 g/mol. The fourth-order valence-corrected chi connectivity index (χ4v) is 7.59. The number of aliphatic hydroxyl groups excluding tert-OH is 1. The molecule has 2 fully saturated rings. The molecule has 0 amide bonds. The molecule has 1 aliphatic carbocycles. The van der Waals surface area contributed by atoms with Gasteiger partial charge in [0.2, 0.25) is 0 Å². The van der Waals surface area contributed by atoms with E-state index in [0.29, 0.717) is 57.5 Å². The first-order chi connectivity index (χ1) is 23.3. The predicted molar refractivity (Wildman–Crippen MR) is 184 cm³/mol. The minimum Gasteiger partial charge on any atom is -0.392 e. The second kappa shape index (κ2) is 12.0. The number of nitrogens with zero attached hydrogens (tertiary/aromatic N) is 7. The van der Waals surface area contributed by atoms with Gasteiger partial charge in [0.05, 0.1) is 37.7 Å². The van der Waals surface area contributed by atoms with E-state index in [0.717, 1.165) is 51.4 Å². The Morgan fingerprint density at radius 3 is 2.60 bits per heavy atom. The largest absolute Gasteiger partial charge is 0.392 e. The van der Waals surface area contributed by atoms with Gasteiger partial charge in [-0.05, 0) is 67.1 Å². The van der Waals surface area contributed by atoms with Crippen LogP contribution in [0.1, 0.15) is 30.7 Å². The van der Waals surface area contributed by atoms with Gasteiger partial charge in [0.1, 0.15) is 22.8 Å². The summed E-state index contributed by atoms with van der Waals surface area (Å²) in [7, 11) is 1.69. The van der Waals surface area contributed by atoms with E-state index < -0.39 is 0 Å². The van der Waals surface area contributed by atoms with Crippen molar-refractivity contribution in [1.29, 1.82) is 0 Å². The minimum atomic E-state index is -0.346. The number of pyridine rings is 3. The monoisotopic (exact) mass is 648 g/mol. The number of aromatic nitrogens is 5. The van der Waals surface area contributed by atoms with Crippen LogP contribution in [0.15, 0.2) is 70.9 Å². The van der Waals surface area contributed by atoms with Gasteiger partial charge in [-0.15, -0.1) is 0 Å². The molecule has 48 heavy (non-hydrogen) atoms. The molecule has 0 saturated carbocycles. The summed E-state index contributed by atoms with van der Waals surface area (Å²) >= 11 is 0. The van der Waals surface area contributed by atoms with Crippen molar-refractivity contribution in [3.8, 4) is 16.9 Å². The lowest BCUT2D eigenvalue weighted by Gasteiger charge is -2.46. The van der Waals surface area contributed by atoms with Crippen LogP contribution in [0.25, 0.3) is 22.5 Å². The molecule has 1 unspecified atom stereocenters. The Morgan fingerprint density at radius 1 is 1.02 bits per heavy atom. The predicted octanol–water partition coefficient (Wildman–Crippen LogP) is 3.13. The highest BCUT2D eigenvalue weighted by Crippen LogP contribution is 2.31. The van der Waals surface area contributed by atoms with Crippen LogP contribution in [0, 0.1) is 5.92 Å². The van der Waals surface area contributed by atoms with E-state index in [1.807, 2.05) is 35.0 Å². The van der Waals surface area contributed by atoms with Crippen molar-refractivity contribution in [3.63, 3.8) is 0 Å². The first-order valence-corrected chi connectivity index (χ1v) is 16.6. The maximum absolute atomic E-state index is 13.7. The Bertz CT molecular complexity index is 2130. The summed E-state index contributed by atoms with van der Waals surface area (Å²) in [5.41, 5.74) is 5.83. The standard InChI is InChI=1S/C36H40N8O4/c1-22-12-24-15-32-36(47)44(11-10-43(32)31(24)13-22)34-29(19-45)28(6-7-37-34)25-14-30(35(46)40(3)18-25)39-33-5-4-26(16-38-33)42-9-8-41(17-23(42)2)27-20-48-21-27/h4-7,10-11,14-16,18,22-23,27,45H,8-9,12-13,17,19-21H2,1-3H3,(H,38,39)/t22?,23-/m0/s1. The van der Waals surface area contributed by atoms with E-state index in [9.17, 15) is 14.7 Å². The zero-order valence-electron chi connectivity index (χ0n) is 27.5. The molecule has 0 aromatic carbocycles. The fourth-order valence-electron chi connectivity index (χ4n) is 7.59. The Kier molecular flexibility index (Phi) is 7.66. The third kappa shape index (κ3) is 5.20. The molecule has 2 atom stereocenters. The number of rotatable bonds is 7. The number of aliphatic hydroxyl groups is 1. The number of fused-ring (bicyclic) bond motifs is 3. The lowest BCUT2D eigenvalue weighted by atomic mass is 10.0. The van der Waals surface area contributed by atoms with Gasteiger partial charge in [0, 0.05) is 74.3 Å². The van der Waals surface area contributed by atoms with Crippen molar-refractivity contribution >= 4 is 22.7 Å². The van der Waals surface area contributed by atoms with Gasteiger partial charge in [-0.2, -0.15) is 0 Å². The summed E-state index contributed by atoms with van der Waals surface area (Å²) in [6.07, 6.45) is 10.7. The van der Waals surface area contributed by atoms with Crippen LogP contribution < -0.4 is 21.3 Å². The Labute approximate surface area is 277 Å². The zero-order valence-corrected chi connectivity index (χ0v) is 27.5. The van der Waals surface area contributed by atoms with Crippen molar-refractivity contribution < 1.29 is 9.84 Å². The van der Waals surface area contributed by atoms with Crippen molar-refractivity contribution in [2.24, 2.45) is 13.0 Å². The van der Waals surface area contributed by atoms with Crippen LogP contribution in [0.2, 0.25) is 0 Å². The maximum Gasteiger partial charge on any atom is 0.280 e. The molecular formula is C36H40N8O4. The van der Waals surface area contributed by atoms with E-state index in [-0.39, 0.29) is 17.7 Å².